The lowest BCUT2D eigenvalue weighted by molar-refractivity contribution is -0.138. The predicted molar refractivity (Wildman–Crippen MR) is 107 cm³/mol. The van der Waals surface area contributed by atoms with E-state index in [0.29, 0.717) is 25.4 Å². The molecule has 2 aliphatic rings. The predicted octanol–water partition coefficient (Wildman–Crippen LogP) is 2.55. The molecule has 2 N–H and O–H groups in total. The fraction of sp³-hybridized carbons (Fsp3) is 0.450. The molecule has 148 valence electrons. The lowest BCUT2D eigenvalue weighted by Crippen LogP contribution is -2.48. The maximum absolute atomic E-state index is 12.7. The van der Waals surface area contributed by atoms with E-state index < -0.39 is 0 Å². The number of aromatic amines is 1. The van der Waals surface area contributed by atoms with Crippen LogP contribution >= 0.6 is 11.8 Å². The Morgan fingerprint density at radius 1 is 1.32 bits per heavy atom. The third-order valence-electron chi connectivity index (χ3n) is 5.40. The molecule has 2 amide bonds. The van der Waals surface area contributed by atoms with Gasteiger partial charge in [-0.15, -0.1) is 11.8 Å². The van der Waals surface area contributed by atoms with Gasteiger partial charge in [0.2, 0.25) is 11.8 Å². The SMILES string of the molecule is CC(=O)Nc1ccccc1SCC(=O)N1CCC2(CC1)OCCc1cn[nH]c12. The number of aromatic nitrogens is 2. The first kappa shape index (κ1) is 19.0. The molecule has 8 heteroatoms. The van der Waals surface area contributed by atoms with Gasteiger partial charge in [0.15, 0.2) is 0 Å². The van der Waals surface area contributed by atoms with Gasteiger partial charge < -0.3 is 15.0 Å². The highest BCUT2D eigenvalue weighted by atomic mass is 32.2. The maximum Gasteiger partial charge on any atom is 0.232 e. The molecule has 4 rings (SSSR count). The zero-order chi connectivity index (χ0) is 19.6. The van der Waals surface area contributed by atoms with E-state index in [1.807, 2.05) is 35.4 Å². The van der Waals surface area contributed by atoms with Crippen LogP contribution in [0.15, 0.2) is 35.4 Å². The number of thioether (sulfide) groups is 1. The number of ether oxygens (including phenoxy) is 1. The van der Waals surface area contributed by atoms with E-state index >= 15 is 0 Å². The Kier molecular flexibility index (Phi) is 5.41. The number of piperidine rings is 1. The monoisotopic (exact) mass is 400 g/mol. The molecular formula is C20H24N4O3S. The van der Waals surface area contributed by atoms with Gasteiger partial charge in [-0.25, -0.2) is 0 Å². The van der Waals surface area contributed by atoms with E-state index in [1.54, 1.807) is 0 Å². The van der Waals surface area contributed by atoms with Gasteiger partial charge in [0, 0.05) is 24.9 Å². The number of likely N-dealkylation sites (tertiary alicyclic amines) is 1. The van der Waals surface area contributed by atoms with Crippen molar-refractivity contribution in [1.29, 1.82) is 0 Å². The average molecular weight is 401 g/mol. The summed E-state index contributed by atoms with van der Waals surface area (Å²) in [5.41, 5.74) is 2.74. The van der Waals surface area contributed by atoms with Gasteiger partial charge >= 0.3 is 0 Å². The first-order valence-corrected chi connectivity index (χ1v) is 10.5. The molecule has 1 aromatic heterocycles. The van der Waals surface area contributed by atoms with Gasteiger partial charge in [-0.2, -0.15) is 5.10 Å². The number of nitrogens with one attached hydrogen (secondary N) is 2. The molecule has 0 saturated carbocycles. The number of benzene rings is 1. The summed E-state index contributed by atoms with van der Waals surface area (Å²) in [6.45, 7) is 3.53. The highest BCUT2D eigenvalue weighted by Gasteiger charge is 2.43. The van der Waals surface area contributed by atoms with E-state index in [1.165, 1.54) is 24.2 Å². The Hall–Kier alpha value is -2.32. The summed E-state index contributed by atoms with van der Waals surface area (Å²) >= 11 is 1.45. The fourth-order valence-electron chi connectivity index (χ4n) is 3.95. The minimum atomic E-state index is -0.327. The van der Waals surface area contributed by atoms with Gasteiger partial charge in [-0.1, -0.05) is 12.1 Å². The summed E-state index contributed by atoms with van der Waals surface area (Å²) < 4.78 is 6.15. The van der Waals surface area contributed by atoms with E-state index in [2.05, 4.69) is 15.5 Å². The number of rotatable bonds is 4. The molecule has 7 nitrogen and oxygen atoms in total. The zero-order valence-corrected chi connectivity index (χ0v) is 16.7. The second kappa shape index (κ2) is 7.97. The van der Waals surface area contributed by atoms with Crippen LogP contribution in [-0.4, -0.2) is 52.4 Å². The van der Waals surface area contributed by atoms with Gasteiger partial charge in [0.25, 0.3) is 0 Å². The molecule has 2 aliphatic heterocycles. The summed E-state index contributed by atoms with van der Waals surface area (Å²) in [5.74, 6) is 0.337. The Labute approximate surface area is 168 Å². The summed E-state index contributed by atoms with van der Waals surface area (Å²) in [6, 6.07) is 7.55. The molecule has 0 unspecified atom stereocenters. The number of fused-ring (bicyclic) bond motifs is 2. The van der Waals surface area contributed by atoms with E-state index in [-0.39, 0.29) is 17.4 Å². The molecule has 1 aromatic carbocycles. The highest BCUT2D eigenvalue weighted by Crippen LogP contribution is 2.40. The minimum absolute atomic E-state index is 0.109. The molecule has 0 bridgehead atoms. The average Bonchev–Trinajstić information content (AvgIpc) is 3.18. The standard InChI is InChI=1S/C20H24N4O3S/c1-14(25)22-16-4-2-3-5-17(16)28-13-18(26)24-9-7-20(8-10-24)19-15(6-11-27-20)12-21-23-19/h2-5,12H,6-11,13H2,1H3,(H,21,23)(H,22,25). The van der Waals surface area contributed by atoms with Crippen molar-refractivity contribution in [1.82, 2.24) is 15.1 Å². The molecule has 1 spiro atoms. The number of nitrogens with zero attached hydrogens (tertiary/aromatic N) is 2. The number of H-pyrrole nitrogens is 1. The molecular weight excluding hydrogens is 376 g/mol. The van der Waals surface area contributed by atoms with Gasteiger partial charge in [-0.3, -0.25) is 14.7 Å². The number of carbonyl (C=O) groups excluding carboxylic acids is 2. The molecule has 0 aliphatic carbocycles. The Bertz CT molecular complexity index is 874. The van der Waals surface area contributed by atoms with Crippen LogP contribution in [-0.2, 0) is 26.3 Å². The fourth-order valence-corrected chi connectivity index (χ4v) is 4.86. The second-order valence-corrected chi connectivity index (χ2v) is 8.23. The van der Waals surface area contributed by atoms with Crippen LogP contribution in [0.3, 0.4) is 0 Å². The lowest BCUT2D eigenvalue weighted by atomic mass is 9.84. The third-order valence-corrected chi connectivity index (χ3v) is 6.45. The number of hydrogen-bond donors (Lipinski definition) is 2. The quantitative estimate of drug-likeness (QED) is 0.770. The molecule has 0 atom stereocenters. The van der Waals surface area contributed by atoms with Crippen LogP contribution in [0.2, 0.25) is 0 Å². The smallest absolute Gasteiger partial charge is 0.232 e. The van der Waals surface area contributed by atoms with Crippen LogP contribution in [0.4, 0.5) is 5.69 Å². The number of anilines is 1. The van der Waals surface area contributed by atoms with Gasteiger partial charge in [-0.05, 0) is 37.0 Å². The topological polar surface area (TPSA) is 87.3 Å². The van der Waals surface area contributed by atoms with Gasteiger partial charge in [0.05, 0.1) is 29.9 Å². The maximum atomic E-state index is 12.7. The summed E-state index contributed by atoms with van der Waals surface area (Å²) in [4.78, 5) is 26.9. The van der Waals surface area contributed by atoms with E-state index in [9.17, 15) is 9.59 Å². The number of amides is 2. The first-order valence-electron chi connectivity index (χ1n) is 9.51. The van der Waals surface area contributed by atoms with Crippen LogP contribution in [0, 0.1) is 0 Å². The third kappa shape index (κ3) is 3.79. The van der Waals surface area contributed by atoms with Crippen molar-refractivity contribution in [3.63, 3.8) is 0 Å². The molecule has 28 heavy (non-hydrogen) atoms. The molecule has 1 fully saturated rings. The number of hydrogen-bond acceptors (Lipinski definition) is 5. The van der Waals surface area contributed by atoms with Crippen LogP contribution in [0.25, 0.3) is 0 Å². The Morgan fingerprint density at radius 3 is 2.89 bits per heavy atom. The zero-order valence-electron chi connectivity index (χ0n) is 15.9. The number of para-hydroxylation sites is 1. The normalized spacial score (nSPS) is 18.0. The Balaban J connectivity index is 1.35. The molecule has 1 saturated heterocycles. The first-order chi connectivity index (χ1) is 13.6. The number of carbonyl (C=O) groups is 2. The Morgan fingerprint density at radius 2 is 2.11 bits per heavy atom. The largest absolute Gasteiger partial charge is 0.368 e. The van der Waals surface area contributed by atoms with Crippen molar-refractivity contribution in [3.05, 3.63) is 41.7 Å². The highest BCUT2D eigenvalue weighted by molar-refractivity contribution is 8.00. The summed E-state index contributed by atoms with van der Waals surface area (Å²) in [7, 11) is 0. The summed E-state index contributed by atoms with van der Waals surface area (Å²) in [6.07, 6.45) is 4.34. The van der Waals surface area contributed by atoms with Crippen molar-refractivity contribution in [2.75, 3.05) is 30.8 Å². The molecule has 3 heterocycles. The minimum Gasteiger partial charge on any atom is -0.368 e. The van der Waals surface area contributed by atoms with Crippen molar-refractivity contribution in [3.8, 4) is 0 Å². The van der Waals surface area contributed by atoms with Crippen molar-refractivity contribution in [2.24, 2.45) is 0 Å². The molecule has 0 radical (unpaired) electrons. The second-order valence-electron chi connectivity index (χ2n) is 7.21. The summed E-state index contributed by atoms with van der Waals surface area (Å²) in [5, 5.41) is 10.1. The van der Waals surface area contributed by atoms with Crippen molar-refractivity contribution >= 4 is 29.3 Å². The van der Waals surface area contributed by atoms with Crippen LogP contribution < -0.4 is 5.32 Å². The van der Waals surface area contributed by atoms with E-state index in [0.717, 1.165) is 35.5 Å². The van der Waals surface area contributed by atoms with Gasteiger partial charge in [0.1, 0.15) is 5.60 Å². The van der Waals surface area contributed by atoms with Crippen molar-refractivity contribution in [2.45, 2.75) is 36.7 Å². The lowest BCUT2D eigenvalue weighted by Gasteiger charge is -2.43. The van der Waals surface area contributed by atoms with Crippen LogP contribution in [0.1, 0.15) is 31.0 Å². The van der Waals surface area contributed by atoms with E-state index in [4.69, 9.17) is 4.74 Å². The van der Waals surface area contributed by atoms with Crippen LogP contribution in [0.5, 0.6) is 0 Å². The molecule has 2 aromatic rings. The van der Waals surface area contributed by atoms with Crippen molar-refractivity contribution < 1.29 is 14.3 Å².